The Morgan fingerprint density at radius 2 is 1.86 bits per heavy atom. The van der Waals surface area contributed by atoms with Gasteiger partial charge in [0, 0.05) is 0 Å². The van der Waals surface area contributed by atoms with Crippen molar-refractivity contribution in [3.8, 4) is 0 Å². The first-order valence-corrected chi connectivity index (χ1v) is 4.55. The molecule has 0 saturated heterocycles. The average Bonchev–Trinajstić information content (AvgIpc) is 2.11. The second-order valence-electron chi connectivity index (χ2n) is 2.95. The molecule has 1 aromatic rings. The standard InChI is InChI=1S/C11H14N2O/c1-4-6-9-10(7-5-2)12-8(3)13-11(9)14/h4-7H,1-3H3,(H,12,13,14)/b6-4-,7-5-. The first-order valence-electron chi connectivity index (χ1n) is 4.55. The van der Waals surface area contributed by atoms with Crippen LogP contribution in [-0.2, 0) is 0 Å². The van der Waals surface area contributed by atoms with Gasteiger partial charge in [0.05, 0.1) is 11.3 Å². The minimum atomic E-state index is -0.0938. The van der Waals surface area contributed by atoms with Gasteiger partial charge in [-0.3, -0.25) is 4.79 Å². The van der Waals surface area contributed by atoms with Gasteiger partial charge < -0.3 is 4.98 Å². The average molecular weight is 190 g/mol. The van der Waals surface area contributed by atoms with Crippen molar-refractivity contribution in [2.75, 3.05) is 0 Å². The van der Waals surface area contributed by atoms with E-state index in [1.807, 2.05) is 32.1 Å². The van der Waals surface area contributed by atoms with E-state index in [4.69, 9.17) is 0 Å². The van der Waals surface area contributed by atoms with Gasteiger partial charge in [-0.2, -0.15) is 0 Å². The Hall–Kier alpha value is -1.64. The van der Waals surface area contributed by atoms with Crippen LogP contribution in [0.5, 0.6) is 0 Å². The second kappa shape index (κ2) is 4.56. The fourth-order valence-corrected chi connectivity index (χ4v) is 1.23. The molecule has 0 spiro atoms. The van der Waals surface area contributed by atoms with Crippen LogP contribution in [0.1, 0.15) is 30.9 Å². The Kier molecular flexibility index (Phi) is 3.40. The van der Waals surface area contributed by atoms with E-state index < -0.39 is 0 Å². The number of aryl methyl sites for hydroxylation is 1. The molecule has 3 heteroatoms. The Balaban J connectivity index is 3.44. The van der Waals surface area contributed by atoms with Crippen LogP contribution in [0.15, 0.2) is 16.9 Å². The molecule has 14 heavy (non-hydrogen) atoms. The molecule has 1 rings (SSSR count). The number of H-pyrrole nitrogens is 1. The minimum absolute atomic E-state index is 0.0938. The summed E-state index contributed by atoms with van der Waals surface area (Å²) < 4.78 is 0. The van der Waals surface area contributed by atoms with Crippen LogP contribution < -0.4 is 5.56 Å². The molecule has 0 aliphatic heterocycles. The van der Waals surface area contributed by atoms with Gasteiger partial charge in [-0.1, -0.05) is 18.2 Å². The van der Waals surface area contributed by atoms with Gasteiger partial charge in [-0.15, -0.1) is 0 Å². The van der Waals surface area contributed by atoms with E-state index >= 15 is 0 Å². The van der Waals surface area contributed by atoms with E-state index in [1.54, 1.807) is 13.0 Å². The zero-order valence-electron chi connectivity index (χ0n) is 8.66. The monoisotopic (exact) mass is 190 g/mol. The molecule has 0 atom stereocenters. The zero-order valence-corrected chi connectivity index (χ0v) is 8.66. The van der Waals surface area contributed by atoms with Crippen LogP contribution in [0.25, 0.3) is 12.2 Å². The van der Waals surface area contributed by atoms with Gasteiger partial charge in [-0.05, 0) is 26.8 Å². The second-order valence-corrected chi connectivity index (χ2v) is 2.95. The summed E-state index contributed by atoms with van der Waals surface area (Å²) in [6, 6.07) is 0. The number of aromatic amines is 1. The van der Waals surface area contributed by atoms with Crippen molar-refractivity contribution in [1.82, 2.24) is 9.97 Å². The molecule has 0 bridgehead atoms. The Bertz CT molecular complexity index is 427. The van der Waals surface area contributed by atoms with E-state index in [2.05, 4.69) is 9.97 Å². The van der Waals surface area contributed by atoms with Gasteiger partial charge in [0.1, 0.15) is 5.82 Å². The molecular weight excluding hydrogens is 176 g/mol. The number of hydrogen-bond donors (Lipinski definition) is 1. The minimum Gasteiger partial charge on any atom is -0.310 e. The number of nitrogens with zero attached hydrogens (tertiary/aromatic N) is 1. The number of aromatic nitrogens is 2. The topological polar surface area (TPSA) is 45.8 Å². The van der Waals surface area contributed by atoms with Crippen molar-refractivity contribution >= 4 is 12.2 Å². The molecule has 0 aliphatic carbocycles. The third-order valence-electron chi connectivity index (χ3n) is 1.76. The summed E-state index contributed by atoms with van der Waals surface area (Å²) in [6.07, 6.45) is 7.29. The van der Waals surface area contributed by atoms with Crippen LogP contribution >= 0.6 is 0 Å². The van der Waals surface area contributed by atoms with Gasteiger partial charge in [0.2, 0.25) is 0 Å². The summed E-state index contributed by atoms with van der Waals surface area (Å²) in [7, 11) is 0. The molecule has 0 fully saturated rings. The Labute approximate surface area is 83.2 Å². The third-order valence-corrected chi connectivity index (χ3v) is 1.76. The number of allylic oxidation sites excluding steroid dienone is 2. The van der Waals surface area contributed by atoms with E-state index in [1.165, 1.54) is 0 Å². The predicted octanol–water partition coefficient (Wildman–Crippen LogP) is 2.14. The molecule has 0 aromatic carbocycles. The van der Waals surface area contributed by atoms with Crippen molar-refractivity contribution in [3.05, 3.63) is 39.6 Å². The molecule has 0 amide bonds. The molecular formula is C11H14N2O. The lowest BCUT2D eigenvalue weighted by Crippen LogP contribution is -2.14. The molecule has 0 aliphatic rings. The van der Waals surface area contributed by atoms with E-state index in [9.17, 15) is 4.79 Å². The summed E-state index contributed by atoms with van der Waals surface area (Å²) >= 11 is 0. The van der Waals surface area contributed by atoms with E-state index in [0.29, 0.717) is 17.1 Å². The molecule has 1 aromatic heterocycles. The SMILES string of the molecule is C/C=C\c1nc(C)[nH]c(=O)c1/C=C\C. The maximum atomic E-state index is 11.5. The summed E-state index contributed by atoms with van der Waals surface area (Å²) in [5.41, 5.74) is 1.23. The maximum absolute atomic E-state index is 11.5. The lowest BCUT2D eigenvalue weighted by Gasteiger charge is -2.00. The highest BCUT2D eigenvalue weighted by atomic mass is 16.1. The van der Waals surface area contributed by atoms with Crippen LogP contribution in [-0.4, -0.2) is 9.97 Å². The maximum Gasteiger partial charge on any atom is 0.258 e. The fraction of sp³-hybridized carbons (Fsp3) is 0.273. The lowest BCUT2D eigenvalue weighted by atomic mass is 10.2. The van der Waals surface area contributed by atoms with Crippen LogP contribution in [0.4, 0.5) is 0 Å². The summed E-state index contributed by atoms with van der Waals surface area (Å²) in [4.78, 5) is 18.5. The van der Waals surface area contributed by atoms with Crippen LogP contribution in [0.3, 0.4) is 0 Å². The summed E-state index contributed by atoms with van der Waals surface area (Å²) in [5, 5.41) is 0. The van der Waals surface area contributed by atoms with Crippen molar-refractivity contribution in [2.24, 2.45) is 0 Å². The first-order chi connectivity index (χ1) is 6.69. The smallest absolute Gasteiger partial charge is 0.258 e. The first kappa shape index (κ1) is 10.4. The van der Waals surface area contributed by atoms with Gasteiger partial charge in [-0.25, -0.2) is 4.98 Å². The highest BCUT2D eigenvalue weighted by Gasteiger charge is 2.03. The van der Waals surface area contributed by atoms with Crippen molar-refractivity contribution in [1.29, 1.82) is 0 Å². The van der Waals surface area contributed by atoms with Crippen LogP contribution in [0.2, 0.25) is 0 Å². The Morgan fingerprint density at radius 1 is 1.21 bits per heavy atom. The summed E-state index contributed by atoms with van der Waals surface area (Å²) in [5.74, 6) is 0.636. The highest BCUT2D eigenvalue weighted by Crippen LogP contribution is 2.05. The molecule has 74 valence electrons. The summed E-state index contributed by atoms with van der Waals surface area (Å²) in [6.45, 7) is 5.55. The van der Waals surface area contributed by atoms with E-state index in [0.717, 1.165) is 0 Å². The number of rotatable bonds is 2. The molecule has 0 saturated carbocycles. The van der Waals surface area contributed by atoms with Crippen LogP contribution in [0, 0.1) is 6.92 Å². The van der Waals surface area contributed by atoms with Gasteiger partial charge in [0.25, 0.3) is 5.56 Å². The fourth-order valence-electron chi connectivity index (χ4n) is 1.23. The zero-order chi connectivity index (χ0) is 10.6. The number of nitrogens with one attached hydrogen (secondary N) is 1. The molecule has 1 heterocycles. The normalized spacial score (nSPS) is 11.6. The molecule has 0 unspecified atom stereocenters. The highest BCUT2D eigenvalue weighted by molar-refractivity contribution is 5.61. The van der Waals surface area contributed by atoms with Crippen molar-refractivity contribution in [3.63, 3.8) is 0 Å². The van der Waals surface area contributed by atoms with Gasteiger partial charge in [0.15, 0.2) is 0 Å². The van der Waals surface area contributed by atoms with Crippen molar-refractivity contribution < 1.29 is 0 Å². The quantitative estimate of drug-likeness (QED) is 0.776. The largest absolute Gasteiger partial charge is 0.310 e. The molecule has 0 radical (unpaired) electrons. The third kappa shape index (κ3) is 2.19. The van der Waals surface area contributed by atoms with Gasteiger partial charge >= 0.3 is 0 Å². The molecule has 1 N–H and O–H groups in total. The lowest BCUT2D eigenvalue weighted by molar-refractivity contribution is 1.00. The molecule has 3 nitrogen and oxygen atoms in total. The van der Waals surface area contributed by atoms with E-state index in [-0.39, 0.29) is 5.56 Å². The predicted molar refractivity (Wildman–Crippen MR) is 59.0 cm³/mol. The van der Waals surface area contributed by atoms with Crippen molar-refractivity contribution in [2.45, 2.75) is 20.8 Å². The Morgan fingerprint density at radius 3 is 2.43 bits per heavy atom. The number of hydrogen-bond acceptors (Lipinski definition) is 2.